The number of nitrogen functional groups attached to an aromatic ring is 1. The molecule has 3 aromatic rings. The molecule has 0 bridgehead atoms. The van der Waals surface area contributed by atoms with Gasteiger partial charge in [-0.15, -0.1) is 0 Å². The molecule has 96 valence electrons. The molecule has 0 aliphatic rings. The lowest BCUT2D eigenvalue weighted by Crippen LogP contribution is -2.02. The summed E-state index contributed by atoms with van der Waals surface area (Å²) in [7, 11) is 0. The second-order valence-corrected chi connectivity index (χ2v) is 4.59. The van der Waals surface area contributed by atoms with Gasteiger partial charge in [-0.2, -0.15) is 0 Å². The Balaban J connectivity index is 2.07. The third-order valence-electron chi connectivity index (χ3n) is 3.25. The van der Waals surface area contributed by atoms with E-state index in [2.05, 4.69) is 9.55 Å². The minimum Gasteiger partial charge on any atom is -0.397 e. The Morgan fingerprint density at radius 3 is 2.63 bits per heavy atom. The molecule has 0 saturated heterocycles. The van der Waals surface area contributed by atoms with E-state index < -0.39 is 0 Å². The van der Waals surface area contributed by atoms with Crippen LogP contribution in [0.5, 0.6) is 0 Å². The maximum Gasteiger partial charge on any atom is 0.123 e. The quantitative estimate of drug-likeness (QED) is 0.715. The van der Waals surface area contributed by atoms with Gasteiger partial charge in [0.15, 0.2) is 0 Å². The average Bonchev–Trinajstić information content (AvgIpc) is 2.71. The number of para-hydroxylation sites is 1. The van der Waals surface area contributed by atoms with Crippen LogP contribution in [-0.4, -0.2) is 9.55 Å². The summed E-state index contributed by atoms with van der Waals surface area (Å²) in [6, 6.07) is 12.3. The van der Waals surface area contributed by atoms with E-state index in [0.29, 0.717) is 12.2 Å². The molecule has 1 aromatic heterocycles. The summed E-state index contributed by atoms with van der Waals surface area (Å²) in [4.78, 5) is 4.49. The molecule has 0 aliphatic heterocycles. The Morgan fingerprint density at radius 2 is 1.89 bits per heavy atom. The second-order valence-electron chi connectivity index (χ2n) is 4.59. The van der Waals surface area contributed by atoms with Gasteiger partial charge in [0.1, 0.15) is 17.2 Å². The summed E-state index contributed by atoms with van der Waals surface area (Å²) in [6.45, 7) is 2.61. The fourth-order valence-electron chi connectivity index (χ4n) is 2.26. The molecule has 0 radical (unpaired) electrons. The first-order valence-electron chi connectivity index (χ1n) is 6.11. The Labute approximate surface area is 110 Å². The number of aryl methyl sites for hydroxylation is 1. The van der Waals surface area contributed by atoms with E-state index in [9.17, 15) is 4.39 Å². The van der Waals surface area contributed by atoms with Crippen LogP contribution in [0.3, 0.4) is 0 Å². The zero-order valence-corrected chi connectivity index (χ0v) is 10.6. The molecular formula is C15H14FN3. The van der Waals surface area contributed by atoms with E-state index in [1.54, 1.807) is 12.1 Å². The van der Waals surface area contributed by atoms with Crippen LogP contribution in [-0.2, 0) is 6.54 Å². The first kappa shape index (κ1) is 11.7. The number of imidazole rings is 1. The van der Waals surface area contributed by atoms with Gasteiger partial charge in [-0.05, 0) is 36.8 Å². The number of hydrogen-bond acceptors (Lipinski definition) is 2. The van der Waals surface area contributed by atoms with Crippen molar-refractivity contribution in [3.8, 4) is 0 Å². The van der Waals surface area contributed by atoms with Gasteiger partial charge >= 0.3 is 0 Å². The standard InChI is InChI=1S/C15H14FN3/c1-10-18-15-13(17)3-2-4-14(15)19(10)9-11-5-7-12(16)8-6-11/h2-8H,9,17H2,1H3. The molecule has 2 aromatic carbocycles. The number of benzene rings is 2. The number of anilines is 1. The van der Waals surface area contributed by atoms with Gasteiger partial charge < -0.3 is 10.3 Å². The van der Waals surface area contributed by atoms with E-state index in [-0.39, 0.29) is 5.82 Å². The lowest BCUT2D eigenvalue weighted by Gasteiger charge is -2.07. The SMILES string of the molecule is Cc1nc2c(N)cccc2n1Cc1ccc(F)cc1. The highest BCUT2D eigenvalue weighted by atomic mass is 19.1. The van der Waals surface area contributed by atoms with Crippen molar-refractivity contribution in [1.29, 1.82) is 0 Å². The summed E-state index contributed by atoms with van der Waals surface area (Å²) >= 11 is 0. The van der Waals surface area contributed by atoms with Gasteiger partial charge in [-0.3, -0.25) is 0 Å². The zero-order valence-electron chi connectivity index (χ0n) is 10.6. The van der Waals surface area contributed by atoms with Crippen molar-refractivity contribution in [2.24, 2.45) is 0 Å². The van der Waals surface area contributed by atoms with E-state index >= 15 is 0 Å². The molecule has 2 N–H and O–H groups in total. The fourth-order valence-corrected chi connectivity index (χ4v) is 2.26. The monoisotopic (exact) mass is 255 g/mol. The molecule has 0 fully saturated rings. The Bertz CT molecular complexity index is 729. The van der Waals surface area contributed by atoms with E-state index in [1.807, 2.05) is 25.1 Å². The summed E-state index contributed by atoms with van der Waals surface area (Å²) in [6.07, 6.45) is 0. The van der Waals surface area contributed by atoms with E-state index in [1.165, 1.54) is 12.1 Å². The van der Waals surface area contributed by atoms with Crippen molar-refractivity contribution in [2.75, 3.05) is 5.73 Å². The van der Waals surface area contributed by atoms with Crippen molar-refractivity contribution in [2.45, 2.75) is 13.5 Å². The Hall–Kier alpha value is -2.36. The highest BCUT2D eigenvalue weighted by Crippen LogP contribution is 2.22. The van der Waals surface area contributed by atoms with Crippen LogP contribution in [0.15, 0.2) is 42.5 Å². The molecular weight excluding hydrogens is 241 g/mol. The first-order chi connectivity index (χ1) is 9.15. The lowest BCUT2D eigenvalue weighted by molar-refractivity contribution is 0.626. The predicted molar refractivity (Wildman–Crippen MR) is 74.4 cm³/mol. The number of hydrogen-bond donors (Lipinski definition) is 1. The summed E-state index contributed by atoms with van der Waals surface area (Å²) in [5.41, 5.74) is 9.46. The minimum absolute atomic E-state index is 0.222. The summed E-state index contributed by atoms with van der Waals surface area (Å²) in [5.74, 6) is 0.678. The molecule has 3 rings (SSSR count). The van der Waals surface area contributed by atoms with Gasteiger partial charge in [0.2, 0.25) is 0 Å². The van der Waals surface area contributed by atoms with Crippen molar-refractivity contribution in [3.63, 3.8) is 0 Å². The highest BCUT2D eigenvalue weighted by Gasteiger charge is 2.09. The highest BCUT2D eigenvalue weighted by molar-refractivity contribution is 5.87. The fraction of sp³-hybridized carbons (Fsp3) is 0.133. The summed E-state index contributed by atoms with van der Waals surface area (Å²) in [5, 5.41) is 0. The van der Waals surface area contributed by atoms with Crippen LogP contribution in [0, 0.1) is 12.7 Å². The number of halogens is 1. The Kier molecular flexibility index (Phi) is 2.71. The predicted octanol–water partition coefficient (Wildman–Crippen LogP) is 3.11. The van der Waals surface area contributed by atoms with Gasteiger partial charge in [0, 0.05) is 6.54 Å². The van der Waals surface area contributed by atoms with Gasteiger partial charge in [0.05, 0.1) is 11.2 Å². The Morgan fingerprint density at radius 1 is 1.16 bits per heavy atom. The molecule has 3 nitrogen and oxygen atoms in total. The first-order valence-corrected chi connectivity index (χ1v) is 6.11. The van der Waals surface area contributed by atoms with Crippen LogP contribution in [0.1, 0.15) is 11.4 Å². The minimum atomic E-state index is -0.222. The third-order valence-corrected chi connectivity index (χ3v) is 3.25. The van der Waals surface area contributed by atoms with E-state index in [0.717, 1.165) is 22.4 Å². The smallest absolute Gasteiger partial charge is 0.123 e. The van der Waals surface area contributed by atoms with Gasteiger partial charge in [-0.25, -0.2) is 9.37 Å². The molecule has 0 spiro atoms. The lowest BCUT2D eigenvalue weighted by atomic mass is 10.2. The van der Waals surface area contributed by atoms with Gasteiger partial charge in [0.25, 0.3) is 0 Å². The normalized spacial score (nSPS) is 11.1. The number of nitrogens with two attached hydrogens (primary N) is 1. The van der Waals surface area contributed by atoms with Crippen LogP contribution in [0.25, 0.3) is 11.0 Å². The molecule has 4 heteroatoms. The van der Waals surface area contributed by atoms with Crippen molar-refractivity contribution < 1.29 is 4.39 Å². The average molecular weight is 255 g/mol. The molecule has 0 aliphatic carbocycles. The molecule has 0 saturated carbocycles. The number of rotatable bonds is 2. The molecule has 1 heterocycles. The molecule has 19 heavy (non-hydrogen) atoms. The molecule has 0 atom stereocenters. The number of aromatic nitrogens is 2. The van der Waals surface area contributed by atoms with Crippen LogP contribution in [0.4, 0.5) is 10.1 Å². The maximum absolute atomic E-state index is 12.9. The van der Waals surface area contributed by atoms with Gasteiger partial charge in [-0.1, -0.05) is 18.2 Å². The van der Waals surface area contributed by atoms with Crippen LogP contribution in [0.2, 0.25) is 0 Å². The van der Waals surface area contributed by atoms with E-state index in [4.69, 9.17) is 5.73 Å². The maximum atomic E-state index is 12.9. The molecule has 0 unspecified atom stereocenters. The topological polar surface area (TPSA) is 43.8 Å². The largest absolute Gasteiger partial charge is 0.397 e. The van der Waals surface area contributed by atoms with Crippen molar-refractivity contribution in [1.82, 2.24) is 9.55 Å². The van der Waals surface area contributed by atoms with Crippen LogP contribution < -0.4 is 5.73 Å². The number of fused-ring (bicyclic) bond motifs is 1. The van der Waals surface area contributed by atoms with Crippen molar-refractivity contribution in [3.05, 3.63) is 59.7 Å². The zero-order chi connectivity index (χ0) is 13.4. The second kappa shape index (κ2) is 4.39. The third kappa shape index (κ3) is 2.05. The summed E-state index contributed by atoms with van der Waals surface area (Å²) < 4.78 is 15.0. The molecule has 0 amide bonds. The number of nitrogens with zero attached hydrogens (tertiary/aromatic N) is 2. The van der Waals surface area contributed by atoms with Crippen molar-refractivity contribution >= 4 is 16.7 Å². The van der Waals surface area contributed by atoms with Crippen LogP contribution >= 0.6 is 0 Å².